The van der Waals surface area contributed by atoms with Crippen molar-refractivity contribution in [3.8, 4) is 0 Å². The highest BCUT2D eigenvalue weighted by molar-refractivity contribution is 7.92. The molecule has 5 N–H and O–H groups in total. The molecule has 1 aromatic carbocycles. The van der Waals surface area contributed by atoms with Crippen LogP contribution < -0.4 is 26.0 Å². The van der Waals surface area contributed by atoms with E-state index in [0.717, 1.165) is 35.3 Å². The Morgan fingerprint density at radius 2 is 2.02 bits per heavy atom. The summed E-state index contributed by atoms with van der Waals surface area (Å²) in [4.78, 5) is 36.4. The number of nitrogens with two attached hydrogens (primary N) is 1. The maximum Gasteiger partial charge on any atom is 0.328 e. The molecular weight excluding hydrogens is 615 g/mol. The minimum atomic E-state index is -4.04. The topological polar surface area (TPSA) is 177 Å². The molecule has 3 aromatic rings. The number of thiophene rings is 1. The Morgan fingerprint density at radius 1 is 1.23 bits per heavy atom. The first-order valence-electron chi connectivity index (χ1n) is 13.5. The highest BCUT2D eigenvalue weighted by atomic mass is 32.2. The van der Waals surface area contributed by atoms with Crippen molar-refractivity contribution in [1.82, 2.24) is 10.3 Å². The number of hydrogen-bond donors (Lipinski definition) is 4. The second-order valence-corrected chi connectivity index (χ2v) is 13.0. The molecule has 1 aliphatic rings. The van der Waals surface area contributed by atoms with E-state index >= 15 is 0 Å². The molecule has 1 atom stereocenters. The Kier molecular flexibility index (Phi) is 11.3. The molecule has 1 fully saturated rings. The highest BCUT2D eigenvalue weighted by Gasteiger charge is 2.25. The summed E-state index contributed by atoms with van der Waals surface area (Å²) in [5.41, 5.74) is 7.09. The van der Waals surface area contributed by atoms with Gasteiger partial charge in [-0.2, -0.15) is 0 Å². The second-order valence-electron chi connectivity index (χ2n) is 9.59. The number of carbonyl (C=O) groups is 2. The molecule has 1 amide bonds. The van der Waals surface area contributed by atoms with Gasteiger partial charge in [0, 0.05) is 30.7 Å². The number of hydrogen-bond acceptors (Lipinski definition) is 12. The van der Waals surface area contributed by atoms with Crippen LogP contribution in [-0.4, -0.2) is 77.1 Å². The summed E-state index contributed by atoms with van der Waals surface area (Å²) in [6.45, 7) is 5.44. The smallest absolute Gasteiger partial charge is 0.328 e. The number of carbonyl (C=O) groups excluding carboxylic acids is 2. The van der Waals surface area contributed by atoms with Crippen LogP contribution in [0.15, 0.2) is 51.0 Å². The van der Waals surface area contributed by atoms with Gasteiger partial charge in [0.25, 0.3) is 15.9 Å². The van der Waals surface area contributed by atoms with Crippen LogP contribution in [0.3, 0.4) is 0 Å². The number of nitrogens with one attached hydrogen (secondary N) is 3. The number of amidine groups is 1. The number of nitrogens with zero attached hydrogens (tertiary/aromatic N) is 3. The molecule has 232 valence electrons. The average molecular weight is 650 g/mol. The summed E-state index contributed by atoms with van der Waals surface area (Å²) in [6, 6.07) is 6.96. The van der Waals surface area contributed by atoms with E-state index < -0.39 is 27.9 Å². The third-order valence-electron chi connectivity index (χ3n) is 6.36. The molecule has 2 aromatic heterocycles. The summed E-state index contributed by atoms with van der Waals surface area (Å²) in [5, 5.41) is 10.4. The molecule has 3 heterocycles. The Morgan fingerprint density at radius 3 is 2.77 bits per heavy atom. The fourth-order valence-electron chi connectivity index (χ4n) is 4.18. The van der Waals surface area contributed by atoms with Crippen LogP contribution in [0.5, 0.6) is 0 Å². The van der Waals surface area contributed by atoms with Crippen molar-refractivity contribution >= 4 is 66.9 Å². The Bertz CT molecular complexity index is 1530. The predicted octanol–water partition coefficient (Wildman–Crippen LogP) is 2.88. The van der Waals surface area contributed by atoms with E-state index in [4.69, 9.17) is 15.2 Å². The molecule has 0 aliphatic carbocycles. The number of esters is 1. The Hall–Kier alpha value is -3.73. The van der Waals surface area contributed by atoms with Crippen LogP contribution in [0.4, 0.5) is 16.5 Å². The Balaban J connectivity index is 1.38. The van der Waals surface area contributed by atoms with E-state index in [-0.39, 0.29) is 21.9 Å². The van der Waals surface area contributed by atoms with Gasteiger partial charge in [0.05, 0.1) is 49.0 Å². The van der Waals surface area contributed by atoms with Crippen LogP contribution in [-0.2, 0) is 30.8 Å². The molecule has 1 aliphatic heterocycles. The van der Waals surface area contributed by atoms with E-state index in [1.807, 2.05) is 5.38 Å². The van der Waals surface area contributed by atoms with Gasteiger partial charge in [0.15, 0.2) is 5.13 Å². The number of sulfonamides is 1. The first kappa shape index (κ1) is 32.2. The maximum atomic E-state index is 13.3. The number of ether oxygens (including phenoxy) is 2. The molecular formula is C27H35N7O6S3. The quantitative estimate of drug-likeness (QED) is 0.0879. The molecule has 16 heteroatoms. The molecule has 0 spiro atoms. The number of aromatic nitrogens is 1. The van der Waals surface area contributed by atoms with Crippen LogP contribution >= 0.6 is 22.7 Å². The SMILES string of the molecule is COC(=O)[C@H](CCCN=C(C)N)NC(=O)c1sccc1NS(=O)(=O)c1cccc(NCc2csc(N3CCOCC3)n2)c1. The number of morpholine rings is 1. The Labute approximate surface area is 258 Å². The lowest BCUT2D eigenvalue weighted by Gasteiger charge is -2.26. The minimum absolute atomic E-state index is 0.0190. The third-order valence-corrected chi connectivity index (χ3v) is 9.58. The van der Waals surface area contributed by atoms with Crippen LogP contribution in [0, 0.1) is 0 Å². The van der Waals surface area contributed by atoms with E-state index in [2.05, 4.69) is 30.2 Å². The third kappa shape index (κ3) is 9.13. The summed E-state index contributed by atoms with van der Waals surface area (Å²) in [7, 11) is -2.81. The van der Waals surface area contributed by atoms with Gasteiger partial charge in [-0.05, 0) is 49.4 Å². The van der Waals surface area contributed by atoms with Crippen molar-refractivity contribution in [2.75, 3.05) is 54.9 Å². The molecule has 43 heavy (non-hydrogen) atoms. The zero-order valence-corrected chi connectivity index (χ0v) is 26.3. The number of benzene rings is 1. The van der Waals surface area contributed by atoms with Crippen molar-refractivity contribution in [3.63, 3.8) is 0 Å². The number of aliphatic imine (C=N–C) groups is 1. The first-order valence-corrected chi connectivity index (χ1v) is 16.8. The summed E-state index contributed by atoms with van der Waals surface area (Å²) in [5.74, 6) is -0.787. The van der Waals surface area contributed by atoms with Gasteiger partial charge in [-0.1, -0.05) is 6.07 Å². The van der Waals surface area contributed by atoms with Crippen molar-refractivity contribution in [3.05, 3.63) is 51.7 Å². The normalized spacial score (nSPS) is 14.7. The van der Waals surface area contributed by atoms with Gasteiger partial charge in [0.1, 0.15) is 10.9 Å². The molecule has 1 saturated heterocycles. The number of methoxy groups -OCH3 is 1. The molecule has 13 nitrogen and oxygen atoms in total. The van der Waals surface area contributed by atoms with Gasteiger partial charge in [-0.3, -0.25) is 14.5 Å². The van der Waals surface area contributed by atoms with E-state index in [9.17, 15) is 18.0 Å². The molecule has 0 saturated carbocycles. The summed E-state index contributed by atoms with van der Waals surface area (Å²) < 4.78 is 39.3. The maximum absolute atomic E-state index is 13.3. The first-order chi connectivity index (χ1) is 20.7. The number of thiazole rings is 1. The predicted molar refractivity (Wildman–Crippen MR) is 169 cm³/mol. The number of rotatable bonds is 14. The van der Waals surface area contributed by atoms with Gasteiger partial charge in [0.2, 0.25) is 0 Å². The van der Waals surface area contributed by atoms with Crippen molar-refractivity contribution < 1.29 is 27.5 Å². The van der Waals surface area contributed by atoms with Gasteiger partial charge in [-0.15, -0.1) is 22.7 Å². The fourth-order valence-corrected chi connectivity index (χ4v) is 6.99. The minimum Gasteiger partial charge on any atom is -0.467 e. The lowest BCUT2D eigenvalue weighted by molar-refractivity contribution is -0.143. The zero-order chi connectivity index (χ0) is 30.8. The van der Waals surface area contributed by atoms with Crippen molar-refractivity contribution in [1.29, 1.82) is 0 Å². The monoisotopic (exact) mass is 649 g/mol. The number of amides is 1. The molecule has 4 rings (SSSR count). The van der Waals surface area contributed by atoms with Gasteiger partial charge in [-0.25, -0.2) is 18.2 Å². The zero-order valence-electron chi connectivity index (χ0n) is 23.9. The fraction of sp³-hybridized carbons (Fsp3) is 0.407. The van der Waals surface area contributed by atoms with Gasteiger partial charge >= 0.3 is 5.97 Å². The highest BCUT2D eigenvalue weighted by Crippen LogP contribution is 2.27. The largest absolute Gasteiger partial charge is 0.467 e. The molecule has 0 unspecified atom stereocenters. The number of anilines is 3. The standard InChI is InChI=1S/C27H35N7O6S3/c1-18(28)29-9-4-7-23(26(36)39-2)32-25(35)24-22(8-14-41-24)33-43(37,38)21-6-3-5-19(15-21)30-16-20-17-42-27(31-20)34-10-12-40-13-11-34/h3,5-6,8,14-15,17,23,30,33H,4,7,9-13,16H2,1-2H3,(H2,28,29)(H,32,35)/t23-/m0/s1. The second kappa shape index (κ2) is 15.1. The van der Waals surface area contributed by atoms with E-state index in [1.165, 1.54) is 25.3 Å². The van der Waals surface area contributed by atoms with E-state index in [0.29, 0.717) is 44.2 Å². The van der Waals surface area contributed by atoms with Crippen LogP contribution in [0.25, 0.3) is 0 Å². The molecule has 0 radical (unpaired) electrons. The van der Waals surface area contributed by atoms with Crippen molar-refractivity contribution in [2.24, 2.45) is 10.7 Å². The lowest BCUT2D eigenvalue weighted by atomic mass is 10.1. The van der Waals surface area contributed by atoms with Crippen molar-refractivity contribution in [2.45, 2.75) is 37.2 Å². The summed E-state index contributed by atoms with van der Waals surface area (Å²) >= 11 is 2.61. The van der Waals surface area contributed by atoms with Gasteiger partial charge < -0.3 is 30.7 Å². The van der Waals surface area contributed by atoms with Crippen LogP contribution in [0.2, 0.25) is 0 Å². The molecule has 0 bridgehead atoms. The average Bonchev–Trinajstić information content (AvgIpc) is 3.67. The van der Waals surface area contributed by atoms with E-state index in [1.54, 1.807) is 35.8 Å². The van der Waals surface area contributed by atoms with Crippen LogP contribution in [0.1, 0.15) is 35.1 Å². The summed E-state index contributed by atoms with van der Waals surface area (Å²) in [6.07, 6.45) is 0.761. The lowest BCUT2D eigenvalue weighted by Crippen LogP contribution is -2.41.